The van der Waals surface area contributed by atoms with Gasteiger partial charge in [-0.25, -0.2) is 0 Å². The molecular weight excluding hydrogens is 386 g/mol. The van der Waals surface area contributed by atoms with Crippen molar-refractivity contribution in [3.63, 3.8) is 0 Å². The molecule has 6 heteroatoms. The van der Waals surface area contributed by atoms with Crippen molar-refractivity contribution < 1.29 is 9.59 Å². The van der Waals surface area contributed by atoms with Crippen molar-refractivity contribution in [3.05, 3.63) is 58.6 Å². The SMILES string of the molecule is CC(C)C(=O)Nc1ccc(N(C)C)c(CN(C(=O)c2ccccc2Cl)C2CC2)c1. The Bertz CT molecular complexity index is 907. The first kappa shape index (κ1) is 21.2. The Morgan fingerprint density at radius 1 is 1.14 bits per heavy atom. The zero-order valence-electron chi connectivity index (χ0n) is 17.4. The molecule has 0 spiro atoms. The van der Waals surface area contributed by atoms with Crippen molar-refractivity contribution in [1.29, 1.82) is 0 Å². The average Bonchev–Trinajstić information content (AvgIpc) is 3.51. The third kappa shape index (κ3) is 5.10. The van der Waals surface area contributed by atoms with Gasteiger partial charge in [-0.3, -0.25) is 9.59 Å². The van der Waals surface area contributed by atoms with Crippen LogP contribution in [0.25, 0.3) is 0 Å². The predicted octanol–water partition coefficient (Wildman–Crippen LogP) is 4.81. The summed E-state index contributed by atoms with van der Waals surface area (Å²) in [7, 11) is 3.95. The van der Waals surface area contributed by atoms with Gasteiger partial charge in [0.2, 0.25) is 5.91 Å². The first-order valence-electron chi connectivity index (χ1n) is 9.94. The number of carbonyl (C=O) groups is 2. The number of carbonyl (C=O) groups excluding carboxylic acids is 2. The number of rotatable bonds is 7. The lowest BCUT2D eigenvalue weighted by Crippen LogP contribution is -2.33. The van der Waals surface area contributed by atoms with Crippen LogP contribution in [0.3, 0.4) is 0 Å². The van der Waals surface area contributed by atoms with Crippen molar-refractivity contribution in [3.8, 4) is 0 Å². The first-order chi connectivity index (χ1) is 13.8. The lowest BCUT2D eigenvalue weighted by Gasteiger charge is -2.26. The minimum Gasteiger partial charge on any atom is -0.377 e. The van der Waals surface area contributed by atoms with Gasteiger partial charge in [-0.2, -0.15) is 0 Å². The molecule has 0 unspecified atom stereocenters. The second-order valence-corrected chi connectivity index (χ2v) is 8.43. The van der Waals surface area contributed by atoms with Gasteiger partial charge in [-0.1, -0.05) is 37.6 Å². The van der Waals surface area contributed by atoms with Gasteiger partial charge in [0.1, 0.15) is 0 Å². The maximum Gasteiger partial charge on any atom is 0.255 e. The molecule has 0 atom stereocenters. The van der Waals surface area contributed by atoms with Crippen LogP contribution in [0.15, 0.2) is 42.5 Å². The minimum absolute atomic E-state index is 0.0280. The number of amides is 2. The van der Waals surface area contributed by atoms with Crippen LogP contribution in [0, 0.1) is 5.92 Å². The molecule has 0 saturated heterocycles. The highest BCUT2D eigenvalue weighted by molar-refractivity contribution is 6.33. The van der Waals surface area contributed by atoms with Crippen LogP contribution in [0.5, 0.6) is 0 Å². The molecule has 1 N–H and O–H groups in total. The largest absolute Gasteiger partial charge is 0.377 e. The van der Waals surface area contributed by atoms with E-state index < -0.39 is 0 Å². The van der Waals surface area contributed by atoms with Crippen molar-refractivity contribution in [1.82, 2.24) is 4.90 Å². The maximum atomic E-state index is 13.2. The standard InChI is InChI=1S/C23H28ClN3O2/c1-15(2)22(28)25-17-9-12-21(26(3)4)16(13-17)14-27(18-10-11-18)23(29)19-7-5-6-8-20(19)24/h5-9,12-13,15,18H,10-11,14H2,1-4H3,(H,25,28). The summed E-state index contributed by atoms with van der Waals surface area (Å²) in [5.74, 6) is -0.184. The molecule has 1 aliphatic carbocycles. The fraction of sp³-hybridized carbons (Fsp3) is 0.391. The van der Waals surface area contributed by atoms with Gasteiger partial charge >= 0.3 is 0 Å². The summed E-state index contributed by atoms with van der Waals surface area (Å²) in [5, 5.41) is 3.42. The zero-order chi connectivity index (χ0) is 21.1. The number of hydrogen-bond acceptors (Lipinski definition) is 3. The number of nitrogens with zero attached hydrogens (tertiary/aromatic N) is 2. The Labute approximate surface area is 177 Å². The highest BCUT2D eigenvalue weighted by atomic mass is 35.5. The van der Waals surface area contributed by atoms with Crippen LogP contribution in [0.2, 0.25) is 5.02 Å². The summed E-state index contributed by atoms with van der Waals surface area (Å²) < 4.78 is 0. The fourth-order valence-corrected chi connectivity index (χ4v) is 3.46. The lowest BCUT2D eigenvalue weighted by atomic mass is 10.1. The summed E-state index contributed by atoms with van der Waals surface area (Å²) in [5.41, 5.74) is 3.27. The third-order valence-corrected chi connectivity index (χ3v) is 5.38. The number of benzene rings is 2. The van der Waals surface area contributed by atoms with E-state index in [-0.39, 0.29) is 23.8 Å². The molecule has 2 aromatic carbocycles. The van der Waals surface area contributed by atoms with Crippen LogP contribution >= 0.6 is 11.6 Å². The monoisotopic (exact) mass is 413 g/mol. The molecule has 154 valence electrons. The van der Waals surface area contributed by atoms with Gasteiger partial charge in [0, 0.05) is 44.0 Å². The Morgan fingerprint density at radius 3 is 2.41 bits per heavy atom. The third-order valence-electron chi connectivity index (χ3n) is 5.05. The van der Waals surface area contributed by atoms with Crippen molar-refractivity contribution in [2.45, 2.75) is 39.3 Å². The highest BCUT2D eigenvalue weighted by Crippen LogP contribution is 2.33. The van der Waals surface area contributed by atoms with Crippen LogP contribution < -0.4 is 10.2 Å². The topological polar surface area (TPSA) is 52.7 Å². The van der Waals surface area contributed by atoms with Gasteiger partial charge in [0.25, 0.3) is 5.91 Å². The van der Waals surface area contributed by atoms with Gasteiger partial charge in [-0.05, 0) is 48.7 Å². The van der Waals surface area contributed by atoms with Gasteiger partial charge in [0.05, 0.1) is 10.6 Å². The van der Waals surface area contributed by atoms with Gasteiger partial charge in [0.15, 0.2) is 0 Å². The van der Waals surface area contributed by atoms with E-state index in [2.05, 4.69) is 5.32 Å². The lowest BCUT2D eigenvalue weighted by molar-refractivity contribution is -0.118. The van der Waals surface area contributed by atoms with Crippen LogP contribution in [-0.4, -0.2) is 36.9 Å². The molecule has 0 bridgehead atoms. The maximum absolute atomic E-state index is 13.2. The molecule has 1 fully saturated rings. The van der Waals surface area contributed by atoms with E-state index in [0.29, 0.717) is 17.1 Å². The van der Waals surface area contributed by atoms with E-state index in [9.17, 15) is 9.59 Å². The Morgan fingerprint density at radius 2 is 1.83 bits per heavy atom. The molecule has 0 radical (unpaired) electrons. The molecule has 1 saturated carbocycles. The van der Waals surface area contributed by atoms with Crippen LogP contribution in [0.4, 0.5) is 11.4 Å². The van der Waals surface area contributed by atoms with Gasteiger partial charge in [-0.15, -0.1) is 0 Å². The van der Waals surface area contributed by atoms with Crippen molar-refractivity contribution >= 4 is 34.8 Å². The van der Waals surface area contributed by atoms with E-state index in [4.69, 9.17) is 11.6 Å². The number of nitrogens with one attached hydrogen (secondary N) is 1. The zero-order valence-corrected chi connectivity index (χ0v) is 18.2. The van der Waals surface area contributed by atoms with E-state index in [1.165, 1.54) is 0 Å². The molecule has 5 nitrogen and oxygen atoms in total. The number of halogens is 1. The smallest absolute Gasteiger partial charge is 0.255 e. The molecule has 29 heavy (non-hydrogen) atoms. The van der Waals surface area contributed by atoms with Gasteiger partial charge < -0.3 is 15.1 Å². The summed E-state index contributed by atoms with van der Waals surface area (Å²) in [6.07, 6.45) is 1.99. The minimum atomic E-state index is -0.100. The molecule has 1 aliphatic rings. The normalized spacial score (nSPS) is 13.3. The summed E-state index contributed by atoms with van der Waals surface area (Å²) in [4.78, 5) is 29.3. The Hall–Kier alpha value is -2.53. The van der Waals surface area contributed by atoms with Crippen molar-refractivity contribution in [2.24, 2.45) is 5.92 Å². The first-order valence-corrected chi connectivity index (χ1v) is 10.3. The number of hydrogen-bond donors (Lipinski definition) is 1. The fourth-order valence-electron chi connectivity index (χ4n) is 3.24. The molecule has 3 rings (SSSR count). The summed E-state index contributed by atoms with van der Waals surface area (Å²) in [6.45, 7) is 4.19. The molecule has 2 aromatic rings. The number of anilines is 2. The predicted molar refractivity (Wildman–Crippen MR) is 119 cm³/mol. The van der Waals surface area contributed by atoms with E-state index in [1.807, 2.05) is 68.1 Å². The van der Waals surface area contributed by atoms with Crippen LogP contribution in [-0.2, 0) is 11.3 Å². The summed E-state index contributed by atoms with van der Waals surface area (Å²) in [6, 6.07) is 13.2. The molecule has 0 aromatic heterocycles. The van der Waals surface area contributed by atoms with Crippen molar-refractivity contribution in [2.75, 3.05) is 24.3 Å². The van der Waals surface area contributed by atoms with E-state index >= 15 is 0 Å². The average molecular weight is 414 g/mol. The second kappa shape index (κ2) is 8.87. The molecule has 2 amide bonds. The Balaban J connectivity index is 1.91. The highest BCUT2D eigenvalue weighted by Gasteiger charge is 2.34. The quantitative estimate of drug-likeness (QED) is 0.708. The van der Waals surface area contributed by atoms with Crippen LogP contribution in [0.1, 0.15) is 42.6 Å². The van der Waals surface area contributed by atoms with E-state index in [1.54, 1.807) is 12.1 Å². The van der Waals surface area contributed by atoms with E-state index in [0.717, 1.165) is 29.8 Å². The molecular formula is C23H28ClN3O2. The molecule has 0 aliphatic heterocycles. The molecule has 0 heterocycles. The summed E-state index contributed by atoms with van der Waals surface area (Å²) >= 11 is 6.28. The second-order valence-electron chi connectivity index (χ2n) is 8.03. The Kier molecular flexibility index (Phi) is 6.48.